The van der Waals surface area contributed by atoms with Crippen LogP contribution in [0.3, 0.4) is 0 Å². The number of nitrogens with zero attached hydrogens (tertiary/aromatic N) is 1. The molecule has 2 aliphatic heterocycles. The normalized spacial score (nSPS) is 21.4. The van der Waals surface area contributed by atoms with Crippen molar-refractivity contribution in [3.8, 4) is 0 Å². The summed E-state index contributed by atoms with van der Waals surface area (Å²) in [6, 6.07) is 3.89. The van der Waals surface area contributed by atoms with E-state index in [1.165, 1.54) is 17.0 Å². The number of rotatable bonds is 2. The van der Waals surface area contributed by atoms with Crippen molar-refractivity contribution in [2.24, 2.45) is 0 Å². The number of amides is 3. The first-order chi connectivity index (χ1) is 10.5. The number of carbonyl (C=O) groups is 4. The highest BCUT2D eigenvalue weighted by molar-refractivity contribution is 6.05. The molecule has 7 nitrogen and oxygen atoms in total. The number of fused-ring (bicyclic) bond motifs is 1. The predicted octanol–water partition coefficient (Wildman–Crippen LogP) is 0.188. The van der Waals surface area contributed by atoms with Gasteiger partial charge in [0.2, 0.25) is 11.8 Å². The first kappa shape index (κ1) is 14.2. The van der Waals surface area contributed by atoms with E-state index >= 15 is 0 Å². The van der Waals surface area contributed by atoms with Gasteiger partial charge in [0.15, 0.2) is 0 Å². The van der Waals surface area contributed by atoms with E-state index in [2.05, 4.69) is 5.32 Å². The van der Waals surface area contributed by atoms with Crippen LogP contribution in [0, 0.1) is 0 Å². The van der Waals surface area contributed by atoms with Crippen LogP contribution in [0.5, 0.6) is 0 Å². The summed E-state index contributed by atoms with van der Waals surface area (Å²) in [7, 11) is 0. The van der Waals surface area contributed by atoms with Crippen LogP contribution in [0.4, 0.5) is 0 Å². The van der Waals surface area contributed by atoms with Gasteiger partial charge in [-0.1, -0.05) is 6.07 Å². The van der Waals surface area contributed by atoms with E-state index < -0.39 is 17.9 Å². The highest BCUT2D eigenvalue weighted by Gasteiger charge is 2.37. The Hall–Kier alpha value is -2.70. The molecule has 0 radical (unpaired) electrons. The van der Waals surface area contributed by atoms with E-state index in [4.69, 9.17) is 0 Å². The lowest BCUT2D eigenvalue weighted by Gasteiger charge is -2.36. The Labute approximate surface area is 125 Å². The summed E-state index contributed by atoms with van der Waals surface area (Å²) in [6.45, 7) is 0.266. The molecule has 2 aliphatic rings. The average Bonchev–Trinajstić information content (AvgIpc) is 2.48. The minimum Gasteiger partial charge on any atom is -0.478 e. The molecule has 22 heavy (non-hydrogen) atoms. The third kappa shape index (κ3) is 2.24. The van der Waals surface area contributed by atoms with E-state index in [1.54, 1.807) is 6.07 Å². The summed E-state index contributed by atoms with van der Waals surface area (Å²) in [6.07, 6.45) is 0.869. The second-order valence-electron chi connectivity index (χ2n) is 5.35. The molecule has 2 N–H and O–H groups in total. The SMILES string of the molecule is O=C1CCC(N2CCc3c(C(=O)O)cccc3C2=O)C(=O)N1. The molecule has 1 fully saturated rings. The van der Waals surface area contributed by atoms with Crippen LogP contribution in [0.15, 0.2) is 18.2 Å². The summed E-state index contributed by atoms with van der Waals surface area (Å²) >= 11 is 0. The van der Waals surface area contributed by atoms with Gasteiger partial charge in [0.25, 0.3) is 5.91 Å². The molecule has 0 spiro atoms. The number of nitrogens with one attached hydrogen (secondary N) is 1. The van der Waals surface area contributed by atoms with Gasteiger partial charge in [-0.2, -0.15) is 0 Å². The Kier molecular flexibility index (Phi) is 3.40. The van der Waals surface area contributed by atoms with Crippen LogP contribution in [0.25, 0.3) is 0 Å². The molecule has 1 saturated heterocycles. The Bertz CT molecular complexity index is 697. The molecule has 1 aromatic rings. The second-order valence-corrected chi connectivity index (χ2v) is 5.35. The number of benzene rings is 1. The summed E-state index contributed by atoms with van der Waals surface area (Å²) in [5.74, 6) is -2.24. The fourth-order valence-electron chi connectivity index (χ4n) is 3.02. The zero-order valence-corrected chi connectivity index (χ0v) is 11.7. The third-order valence-electron chi connectivity index (χ3n) is 4.09. The van der Waals surface area contributed by atoms with Gasteiger partial charge >= 0.3 is 5.97 Å². The molecular formula is C15H14N2O5. The minimum absolute atomic E-state index is 0.119. The standard InChI is InChI=1S/C15H14N2O5/c18-12-5-4-11(13(19)16-12)17-7-6-8-9(14(17)20)2-1-3-10(8)15(21)22/h1-3,11H,4-7H2,(H,21,22)(H,16,18,19). The lowest BCUT2D eigenvalue weighted by Crippen LogP contribution is -2.56. The fourth-order valence-corrected chi connectivity index (χ4v) is 3.02. The first-order valence-electron chi connectivity index (χ1n) is 6.99. The number of imide groups is 1. The molecule has 0 saturated carbocycles. The van der Waals surface area contributed by atoms with Crippen LogP contribution in [-0.2, 0) is 16.0 Å². The van der Waals surface area contributed by atoms with E-state index in [1.807, 2.05) is 0 Å². The van der Waals surface area contributed by atoms with Crippen molar-refractivity contribution in [1.29, 1.82) is 0 Å². The van der Waals surface area contributed by atoms with Gasteiger partial charge in [-0.15, -0.1) is 0 Å². The second kappa shape index (κ2) is 5.25. The molecule has 3 rings (SSSR count). The molecule has 2 heterocycles. The number of carboxylic acids is 1. The maximum absolute atomic E-state index is 12.6. The van der Waals surface area contributed by atoms with Crippen molar-refractivity contribution in [3.05, 3.63) is 34.9 Å². The molecular weight excluding hydrogens is 288 g/mol. The third-order valence-corrected chi connectivity index (χ3v) is 4.09. The van der Waals surface area contributed by atoms with E-state index in [-0.39, 0.29) is 30.3 Å². The van der Waals surface area contributed by atoms with Crippen molar-refractivity contribution >= 4 is 23.7 Å². The van der Waals surface area contributed by atoms with E-state index in [0.717, 1.165) is 0 Å². The average molecular weight is 302 g/mol. The minimum atomic E-state index is -1.07. The van der Waals surface area contributed by atoms with Crippen molar-refractivity contribution in [2.45, 2.75) is 25.3 Å². The number of hydrogen-bond acceptors (Lipinski definition) is 4. The van der Waals surface area contributed by atoms with Gasteiger partial charge < -0.3 is 10.0 Å². The summed E-state index contributed by atoms with van der Waals surface area (Å²) in [5.41, 5.74) is 0.938. The Morgan fingerprint density at radius 3 is 2.68 bits per heavy atom. The van der Waals surface area contributed by atoms with E-state index in [9.17, 15) is 24.3 Å². The first-order valence-corrected chi connectivity index (χ1v) is 6.99. The number of aromatic carboxylic acids is 1. The topological polar surface area (TPSA) is 104 Å². The van der Waals surface area contributed by atoms with Gasteiger partial charge in [-0.25, -0.2) is 4.79 Å². The Morgan fingerprint density at radius 1 is 1.23 bits per heavy atom. The summed E-state index contributed by atoms with van der Waals surface area (Å²) in [5, 5.41) is 11.4. The van der Waals surface area contributed by atoms with Crippen LogP contribution >= 0.6 is 0 Å². The van der Waals surface area contributed by atoms with Crippen LogP contribution in [-0.4, -0.2) is 46.3 Å². The Balaban J connectivity index is 1.92. The maximum atomic E-state index is 12.6. The number of carbonyl (C=O) groups excluding carboxylic acids is 3. The van der Waals surface area contributed by atoms with Gasteiger partial charge in [0.1, 0.15) is 6.04 Å². The summed E-state index contributed by atoms with van der Waals surface area (Å²) in [4.78, 5) is 48.4. The quantitative estimate of drug-likeness (QED) is 0.759. The fraction of sp³-hybridized carbons (Fsp3) is 0.333. The molecule has 7 heteroatoms. The monoisotopic (exact) mass is 302 g/mol. The molecule has 1 unspecified atom stereocenters. The van der Waals surface area contributed by atoms with Crippen LogP contribution < -0.4 is 5.32 Å². The number of carboxylic acid groups (broad SMARTS) is 1. The predicted molar refractivity (Wildman–Crippen MR) is 74.3 cm³/mol. The summed E-state index contributed by atoms with van der Waals surface area (Å²) < 4.78 is 0. The highest BCUT2D eigenvalue weighted by atomic mass is 16.4. The van der Waals surface area contributed by atoms with Crippen molar-refractivity contribution in [2.75, 3.05) is 6.54 Å². The van der Waals surface area contributed by atoms with Gasteiger partial charge in [-0.05, 0) is 30.5 Å². The van der Waals surface area contributed by atoms with Crippen LogP contribution in [0.2, 0.25) is 0 Å². The number of hydrogen-bond donors (Lipinski definition) is 2. The smallest absolute Gasteiger partial charge is 0.335 e. The van der Waals surface area contributed by atoms with E-state index in [0.29, 0.717) is 24.0 Å². The molecule has 114 valence electrons. The lowest BCUT2D eigenvalue weighted by molar-refractivity contribution is -0.136. The van der Waals surface area contributed by atoms with Crippen molar-refractivity contribution in [1.82, 2.24) is 10.2 Å². The largest absolute Gasteiger partial charge is 0.478 e. The van der Waals surface area contributed by atoms with Gasteiger partial charge in [-0.3, -0.25) is 19.7 Å². The van der Waals surface area contributed by atoms with Crippen molar-refractivity contribution < 1.29 is 24.3 Å². The van der Waals surface area contributed by atoms with Crippen LogP contribution in [0.1, 0.15) is 39.1 Å². The lowest BCUT2D eigenvalue weighted by atomic mass is 9.92. The van der Waals surface area contributed by atoms with Gasteiger partial charge in [0.05, 0.1) is 5.56 Å². The molecule has 1 atom stereocenters. The molecule has 0 aromatic heterocycles. The Morgan fingerprint density at radius 2 is 2.00 bits per heavy atom. The molecule has 3 amide bonds. The molecule has 0 bridgehead atoms. The van der Waals surface area contributed by atoms with Gasteiger partial charge in [0, 0.05) is 18.5 Å². The zero-order chi connectivity index (χ0) is 15.9. The van der Waals surface area contributed by atoms with Crippen molar-refractivity contribution in [3.63, 3.8) is 0 Å². The molecule has 1 aromatic carbocycles. The zero-order valence-electron chi connectivity index (χ0n) is 11.7. The maximum Gasteiger partial charge on any atom is 0.335 e. The molecule has 0 aliphatic carbocycles. The highest BCUT2D eigenvalue weighted by Crippen LogP contribution is 2.26. The number of piperidine rings is 1.